The van der Waals surface area contributed by atoms with Crippen LogP contribution in [0.5, 0.6) is 5.75 Å². The summed E-state index contributed by atoms with van der Waals surface area (Å²) in [4.78, 5) is 11.0. The van der Waals surface area contributed by atoms with E-state index in [9.17, 15) is 13.5 Å². The largest absolute Gasteiger partial charge is 0.508 e. The minimum absolute atomic E-state index is 0.163. The Labute approximate surface area is 177 Å². The van der Waals surface area contributed by atoms with E-state index in [4.69, 9.17) is 9.90 Å². The summed E-state index contributed by atoms with van der Waals surface area (Å²) in [5.41, 5.74) is 4.74. The van der Waals surface area contributed by atoms with Gasteiger partial charge < -0.3 is 15.1 Å². The van der Waals surface area contributed by atoms with Gasteiger partial charge in [0, 0.05) is 31.6 Å². The van der Waals surface area contributed by atoms with Crippen molar-refractivity contribution in [2.75, 3.05) is 33.2 Å². The van der Waals surface area contributed by atoms with Crippen molar-refractivity contribution in [2.24, 2.45) is 5.41 Å². The molecule has 2 aromatic carbocycles. The van der Waals surface area contributed by atoms with Gasteiger partial charge in [-0.05, 0) is 73.8 Å². The minimum Gasteiger partial charge on any atom is -0.508 e. The van der Waals surface area contributed by atoms with E-state index in [1.165, 1.54) is 0 Å². The maximum Gasteiger partial charge on any atom is 0.290 e. The zero-order valence-electron chi connectivity index (χ0n) is 17.7. The van der Waals surface area contributed by atoms with Gasteiger partial charge in [-0.25, -0.2) is 8.42 Å². The average molecular weight is 433 g/mol. The number of rotatable bonds is 3. The SMILES string of the molecule is Cc1cc(O)ccc1-c1cc(S(=O)(=O)N2CC3(CN(C)C3)C2)c(C)cc1C.O=CO. The third-order valence-corrected chi connectivity index (χ3v) is 7.81. The van der Waals surface area contributed by atoms with Crippen LogP contribution in [-0.4, -0.2) is 67.5 Å². The molecule has 2 fully saturated rings. The molecule has 2 N–H and O–H groups in total. The molecule has 8 heteroatoms. The average Bonchev–Trinajstić information content (AvgIpc) is 2.58. The first-order chi connectivity index (χ1) is 14.0. The van der Waals surface area contributed by atoms with Crippen molar-refractivity contribution in [3.63, 3.8) is 0 Å². The Morgan fingerprint density at radius 3 is 2.03 bits per heavy atom. The quantitative estimate of drug-likeness (QED) is 0.724. The molecule has 0 bridgehead atoms. The summed E-state index contributed by atoms with van der Waals surface area (Å²) >= 11 is 0. The van der Waals surface area contributed by atoms with Gasteiger partial charge in [-0.1, -0.05) is 12.1 Å². The van der Waals surface area contributed by atoms with Gasteiger partial charge >= 0.3 is 0 Å². The zero-order chi connectivity index (χ0) is 22.3. The van der Waals surface area contributed by atoms with Gasteiger partial charge in [-0.2, -0.15) is 4.31 Å². The van der Waals surface area contributed by atoms with Crippen molar-refractivity contribution in [1.82, 2.24) is 9.21 Å². The standard InChI is InChI=1S/C21H26N2O3S.CH2O2/c1-14-7-16(3)20(9-19(14)18-6-5-17(24)8-15(18)2)27(25,26)23-12-21(13-23)10-22(4)11-21;2-1-3/h5-9,24H,10-13H2,1-4H3;1H,(H,2,3). The molecule has 2 heterocycles. The maximum atomic E-state index is 13.3. The fourth-order valence-electron chi connectivity index (χ4n) is 4.66. The number of sulfonamides is 1. The third kappa shape index (κ3) is 3.95. The number of carboxylic acid groups (broad SMARTS) is 1. The molecule has 2 aliphatic heterocycles. The molecule has 4 rings (SSSR count). The van der Waals surface area contributed by atoms with E-state index in [0.29, 0.717) is 18.0 Å². The van der Waals surface area contributed by atoms with Crippen LogP contribution in [0.2, 0.25) is 0 Å². The van der Waals surface area contributed by atoms with Gasteiger partial charge in [0.15, 0.2) is 0 Å². The molecule has 0 saturated carbocycles. The van der Waals surface area contributed by atoms with Crippen LogP contribution in [0.1, 0.15) is 16.7 Å². The van der Waals surface area contributed by atoms with Crippen molar-refractivity contribution in [3.8, 4) is 16.9 Å². The van der Waals surface area contributed by atoms with Crippen molar-refractivity contribution in [2.45, 2.75) is 25.7 Å². The van der Waals surface area contributed by atoms with Crippen LogP contribution in [0.15, 0.2) is 35.2 Å². The fourth-order valence-corrected chi connectivity index (χ4v) is 6.56. The molecule has 30 heavy (non-hydrogen) atoms. The highest BCUT2D eigenvalue weighted by Gasteiger charge is 2.54. The summed E-state index contributed by atoms with van der Waals surface area (Å²) in [5.74, 6) is 0.213. The zero-order valence-corrected chi connectivity index (χ0v) is 18.5. The lowest BCUT2D eigenvalue weighted by Gasteiger charge is -2.58. The van der Waals surface area contributed by atoms with Crippen LogP contribution in [0.25, 0.3) is 11.1 Å². The second kappa shape index (κ2) is 8.02. The summed E-state index contributed by atoms with van der Waals surface area (Å²) in [7, 11) is -1.43. The molecule has 0 aliphatic carbocycles. The lowest BCUT2D eigenvalue weighted by molar-refractivity contribution is -0.122. The number of carbonyl (C=O) groups is 1. The van der Waals surface area contributed by atoms with Gasteiger partial charge in [0.05, 0.1) is 4.90 Å². The van der Waals surface area contributed by atoms with Gasteiger partial charge in [0.2, 0.25) is 10.0 Å². The van der Waals surface area contributed by atoms with Crippen molar-refractivity contribution < 1.29 is 23.4 Å². The van der Waals surface area contributed by atoms with Crippen molar-refractivity contribution in [3.05, 3.63) is 47.0 Å². The number of nitrogens with zero attached hydrogens (tertiary/aromatic N) is 2. The lowest BCUT2D eigenvalue weighted by Crippen LogP contribution is -2.71. The van der Waals surface area contributed by atoms with Gasteiger partial charge in [0.25, 0.3) is 6.47 Å². The number of hydrogen-bond donors (Lipinski definition) is 2. The normalized spacial score (nSPS) is 18.1. The number of aromatic hydroxyl groups is 1. The first-order valence-corrected chi connectivity index (χ1v) is 11.1. The fraction of sp³-hybridized carbons (Fsp3) is 0.409. The third-order valence-electron chi connectivity index (χ3n) is 5.87. The summed E-state index contributed by atoms with van der Waals surface area (Å²) < 4.78 is 28.1. The van der Waals surface area contributed by atoms with E-state index in [0.717, 1.165) is 40.9 Å². The van der Waals surface area contributed by atoms with Crippen LogP contribution in [0.3, 0.4) is 0 Å². The highest BCUT2D eigenvalue weighted by atomic mass is 32.2. The van der Waals surface area contributed by atoms with E-state index in [1.807, 2.05) is 32.9 Å². The van der Waals surface area contributed by atoms with E-state index < -0.39 is 10.0 Å². The van der Waals surface area contributed by atoms with Crippen LogP contribution < -0.4 is 0 Å². The molecule has 0 unspecified atom stereocenters. The van der Waals surface area contributed by atoms with E-state index in [1.54, 1.807) is 22.5 Å². The van der Waals surface area contributed by atoms with Gasteiger partial charge in [-0.3, -0.25) is 4.79 Å². The summed E-state index contributed by atoms with van der Waals surface area (Å²) in [6.07, 6.45) is 0. The van der Waals surface area contributed by atoms with Crippen LogP contribution in [0.4, 0.5) is 0 Å². The highest BCUT2D eigenvalue weighted by molar-refractivity contribution is 7.89. The second-order valence-corrected chi connectivity index (χ2v) is 10.4. The number of phenols is 1. The van der Waals surface area contributed by atoms with Gasteiger partial charge in [-0.15, -0.1) is 0 Å². The lowest BCUT2D eigenvalue weighted by atomic mass is 9.75. The molecule has 2 saturated heterocycles. The van der Waals surface area contributed by atoms with E-state index in [-0.39, 0.29) is 17.6 Å². The molecule has 162 valence electrons. The van der Waals surface area contributed by atoms with Crippen LogP contribution >= 0.6 is 0 Å². The molecule has 0 amide bonds. The molecule has 2 aliphatic rings. The summed E-state index contributed by atoms with van der Waals surface area (Å²) in [6, 6.07) is 8.94. The number of benzene rings is 2. The van der Waals surface area contributed by atoms with Crippen molar-refractivity contribution >= 4 is 16.5 Å². The predicted molar refractivity (Wildman–Crippen MR) is 115 cm³/mol. The molecular weight excluding hydrogens is 404 g/mol. The molecule has 0 atom stereocenters. The van der Waals surface area contributed by atoms with E-state index >= 15 is 0 Å². The molecule has 1 spiro atoms. The first-order valence-electron chi connectivity index (χ1n) is 9.71. The van der Waals surface area contributed by atoms with Crippen LogP contribution in [-0.2, 0) is 14.8 Å². The Morgan fingerprint density at radius 2 is 1.50 bits per heavy atom. The number of aryl methyl sites for hydroxylation is 3. The Hall–Kier alpha value is -2.42. The topological polar surface area (TPSA) is 98.2 Å². The molecular formula is C22H28N2O5S. The summed E-state index contributed by atoms with van der Waals surface area (Å²) in [6.45, 7) is 8.71. The number of hydrogen-bond acceptors (Lipinski definition) is 5. The molecule has 0 radical (unpaired) electrons. The highest BCUT2D eigenvalue weighted by Crippen LogP contribution is 2.42. The Balaban J connectivity index is 0.000000806. The first kappa shape index (κ1) is 22.3. The Bertz CT molecular complexity index is 1070. The van der Waals surface area contributed by atoms with Gasteiger partial charge in [0.1, 0.15) is 5.75 Å². The van der Waals surface area contributed by atoms with E-state index in [2.05, 4.69) is 11.9 Å². The monoisotopic (exact) mass is 432 g/mol. The molecule has 7 nitrogen and oxygen atoms in total. The number of phenolic OH excluding ortho intramolecular Hbond substituents is 1. The number of likely N-dealkylation sites (tertiary alicyclic amines) is 1. The summed E-state index contributed by atoms with van der Waals surface area (Å²) in [5, 5.41) is 16.6. The molecule has 2 aromatic rings. The molecule has 0 aromatic heterocycles. The van der Waals surface area contributed by atoms with Crippen molar-refractivity contribution in [1.29, 1.82) is 0 Å². The predicted octanol–water partition coefficient (Wildman–Crippen LogP) is 2.62. The minimum atomic E-state index is -3.50. The Morgan fingerprint density at radius 1 is 0.933 bits per heavy atom. The maximum absolute atomic E-state index is 13.3. The smallest absolute Gasteiger partial charge is 0.290 e. The second-order valence-electron chi connectivity index (χ2n) is 8.48. The van der Waals surface area contributed by atoms with Crippen LogP contribution in [0, 0.1) is 26.2 Å². The Kier molecular flexibility index (Phi) is 5.95.